The number of amides is 1. The third kappa shape index (κ3) is 5.56. The molecular formula is C19H22ClN3O3S. The molecule has 1 amide bonds. The number of anilines is 1. The molecule has 0 aromatic heterocycles. The standard InChI is InChI=1S/C19H22ClN3O3S/c1-4-11-22-27(25,26)18-12-15(7-10-17(18)20)19(24)21-13-14-5-8-16(9-6-14)23(2)3/h4-10,12,22H,1,11,13H2,2-3H3,(H,21,24). The van der Waals surface area contributed by atoms with E-state index in [-0.39, 0.29) is 27.9 Å². The number of carbonyl (C=O) groups is 1. The normalized spacial score (nSPS) is 11.1. The van der Waals surface area contributed by atoms with Gasteiger partial charge in [-0.15, -0.1) is 6.58 Å². The quantitative estimate of drug-likeness (QED) is 0.659. The second-order valence-electron chi connectivity index (χ2n) is 6.03. The van der Waals surface area contributed by atoms with Crippen molar-refractivity contribution in [3.63, 3.8) is 0 Å². The Labute approximate surface area is 164 Å². The summed E-state index contributed by atoms with van der Waals surface area (Å²) in [5, 5.41) is 2.82. The Morgan fingerprint density at radius 3 is 2.44 bits per heavy atom. The molecule has 2 N–H and O–H groups in total. The molecular weight excluding hydrogens is 386 g/mol. The second-order valence-corrected chi connectivity index (χ2v) is 8.17. The minimum atomic E-state index is -3.83. The summed E-state index contributed by atoms with van der Waals surface area (Å²) >= 11 is 6.00. The van der Waals surface area contributed by atoms with Crippen molar-refractivity contribution in [2.45, 2.75) is 11.4 Å². The lowest BCUT2D eigenvalue weighted by atomic mass is 10.1. The lowest BCUT2D eigenvalue weighted by Gasteiger charge is -2.13. The molecule has 144 valence electrons. The number of hydrogen-bond acceptors (Lipinski definition) is 4. The van der Waals surface area contributed by atoms with Crippen LogP contribution in [0.2, 0.25) is 5.02 Å². The molecule has 2 aromatic carbocycles. The first-order chi connectivity index (χ1) is 12.7. The Morgan fingerprint density at radius 2 is 1.85 bits per heavy atom. The molecule has 0 saturated carbocycles. The molecule has 0 unspecified atom stereocenters. The Hall–Kier alpha value is -2.35. The maximum Gasteiger partial charge on any atom is 0.251 e. The third-order valence-corrected chi connectivity index (χ3v) is 5.71. The summed E-state index contributed by atoms with van der Waals surface area (Å²) in [5.74, 6) is -0.386. The number of sulfonamides is 1. The molecule has 0 atom stereocenters. The van der Waals surface area contributed by atoms with Crippen LogP contribution >= 0.6 is 11.6 Å². The minimum absolute atomic E-state index is 0.0439. The highest BCUT2D eigenvalue weighted by Gasteiger charge is 2.19. The van der Waals surface area contributed by atoms with Gasteiger partial charge in [-0.3, -0.25) is 4.79 Å². The number of rotatable bonds is 8. The monoisotopic (exact) mass is 407 g/mol. The lowest BCUT2D eigenvalue weighted by Crippen LogP contribution is -2.26. The van der Waals surface area contributed by atoms with E-state index in [1.165, 1.54) is 24.3 Å². The van der Waals surface area contributed by atoms with Gasteiger partial charge in [0.05, 0.1) is 5.02 Å². The summed E-state index contributed by atoms with van der Waals surface area (Å²) < 4.78 is 26.9. The van der Waals surface area contributed by atoms with Gasteiger partial charge in [0.1, 0.15) is 4.90 Å². The van der Waals surface area contributed by atoms with Gasteiger partial charge < -0.3 is 10.2 Å². The van der Waals surface area contributed by atoms with E-state index in [4.69, 9.17) is 11.6 Å². The average Bonchev–Trinajstić information content (AvgIpc) is 2.65. The topological polar surface area (TPSA) is 78.5 Å². The predicted octanol–water partition coefficient (Wildman–Crippen LogP) is 2.80. The second kappa shape index (κ2) is 9.03. The third-order valence-electron chi connectivity index (χ3n) is 3.81. The van der Waals surface area contributed by atoms with Crippen LogP contribution in [-0.4, -0.2) is 35.0 Å². The number of benzene rings is 2. The number of halogens is 1. The summed E-state index contributed by atoms with van der Waals surface area (Å²) in [6, 6.07) is 11.9. The molecule has 0 heterocycles. The molecule has 0 aliphatic heterocycles. The van der Waals surface area contributed by atoms with Crippen molar-refractivity contribution in [1.82, 2.24) is 10.0 Å². The first-order valence-electron chi connectivity index (χ1n) is 8.19. The van der Waals surface area contributed by atoms with Crippen molar-refractivity contribution in [2.24, 2.45) is 0 Å². The molecule has 0 aliphatic rings. The minimum Gasteiger partial charge on any atom is -0.378 e. The summed E-state index contributed by atoms with van der Waals surface area (Å²) in [6.07, 6.45) is 1.42. The van der Waals surface area contributed by atoms with E-state index in [1.807, 2.05) is 43.3 Å². The molecule has 0 spiro atoms. The van der Waals surface area contributed by atoms with E-state index < -0.39 is 10.0 Å². The average molecular weight is 408 g/mol. The summed E-state index contributed by atoms with van der Waals surface area (Å²) in [4.78, 5) is 14.2. The predicted molar refractivity (Wildman–Crippen MR) is 109 cm³/mol. The molecule has 0 fully saturated rings. The van der Waals surface area contributed by atoms with Gasteiger partial charge in [0.15, 0.2) is 0 Å². The van der Waals surface area contributed by atoms with Crippen LogP contribution in [0.3, 0.4) is 0 Å². The fourth-order valence-electron chi connectivity index (χ4n) is 2.29. The van der Waals surface area contributed by atoms with E-state index in [1.54, 1.807) is 0 Å². The Balaban J connectivity index is 2.12. The number of carbonyl (C=O) groups excluding carboxylic acids is 1. The molecule has 2 rings (SSSR count). The van der Waals surface area contributed by atoms with Crippen molar-refractivity contribution in [1.29, 1.82) is 0 Å². The number of nitrogens with zero attached hydrogens (tertiary/aromatic N) is 1. The Morgan fingerprint density at radius 1 is 1.19 bits per heavy atom. The van der Waals surface area contributed by atoms with Crippen LogP contribution in [0.15, 0.2) is 60.0 Å². The van der Waals surface area contributed by atoms with Crippen molar-refractivity contribution in [3.8, 4) is 0 Å². The van der Waals surface area contributed by atoms with E-state index in [2.05, 4.69) is 16.6 Å². The van der Waals surface area contributed by atoms with Gasteiger partial charge in [-0.2, -0.15) is 0 Å². The maximum absolute atomic E-state index is 12.4. The largest absolute Gasteiger partial charge is 0.378 e. The zero-order chi connectivity index (χ0) is 20.0. The zero-order valence-corrected chi connectivity index (χ0v) is 16.8. The fourth-order valence-corrected chi connectivity index (χ4v) is 3.82. The van der Waals surface area contributed by atoms with Crippen LogP contribution in [0.5, 0.6) is 0 Å². The van der Waals surface area contributed by atoms with Crippen LogP contribution < -0.4 is 14.9 Å². The molecule has 8 heteroatoms. The first-order valence-corrected chi connectivity index (χ1v) is 10.1. The Bertz CT molecular complexity index is 926. The van der Waals surface area contributed by atoms with Crippen LogP contribution in [0.25, 0.3) is 0 Å². The van der Waals surface area contributed by atoms with E-state index in [9.17, 15) is 13.2 Å². The lowest BCUT2D eigenvalue weighted by molar-refractivity contribution is 0.0950. The van der Waals surface area contributed by atoms with Gasteiger partial charge in [0.2, 0.25) is 10.0 Å². The highest BCUT2D eigenvalue weighted by atomic mass is 35.5. The Kier molecular flexibility index (Phi) is 7.01. The van der Waals surface area contributed by atoms with Crippen molar-refractivity contribution >= 4 is 33.2 Å². The van der Waals surface area contributed by atoms with Crippen LogP contribution in [0.1, 0.15) is 15.9 Å². The highest BCUT2D eigenvalue weighted by molar-refractivity contribution is 7.89. The van der Waals surface area contributed by atoms with Crippen molar-refractivity contribution in [2.75, 3.05) is 25.5 Å². The number of nitrogens with one attached hydrogen (secondary N) is 2. The molecule has 0 bridgehead atoms. The van der Waals surface area contributed by atoms with E-state index >= 15 is 0 Å². The summed E-state index contributed by atoms with van der Waals surface area (Å²) in [6.45, 7) is 3.86. The number of hydrogen-bond donors (Lipinski definition) is 2. The summed E-state index contributed by atoms with van der Waals surface area (Å²) in [7, 11) is 0.0755. The van der Waals surface area contributed by atoms with Gasteiger partial charge in [-0.25, -0.2) is 13.1 Å². The van der Waals surface area contributed by atoms with Gasteiger partial charge in [0.25, 0.3) is 5.91 Å². The van der Waals surface area contributed by atoms with Crippen LogP contribution in [-0.2, 0) is 16.6 Å². The molecule has 0 saturated heterocycles. The molecule has 2 aromatic rings. The van der Waals surface area contributed by atoms with Gasteiger partial charge in [-0.1, -0.05) is 29.8 Å². The van der Waals surface area contributed by atoms with E-state index in [0.29, 0.717) is 6.54 Å². The van der Waals surface area contributed by atoms with Gasteiger partial charge >= 0.3 is 0 Å². The molecule has 6 nitrogen and oxygen atoms in total. The molecule has 0 radical (unpaired) electrons. The highest BCUT2D eigenvalue weighted by Crippen LogP contribution is 2.22. The zero-order valence-electron chi connectivity index (χ0n) is 15.2. The van der Waals surface area contributed by atoms with Gasteiger partial charge in [-0.05, 0) is 35.9 Å². The summed E-state index contributed by atoms with van der Waals surface area (Å²) in [5.41, 5.74) is 2.20. The SMILES string of the molecule is C=CCNS(=O)(=O)c1cc(C(=O)NCc2ccc(N(C)C)cc2)ccc1Cl. The smallest absolute Gasteiger partial charge is 0.251 e. The van der Waals surface area contributed by atoms with Crippen LogP contribution in [0, 0.1) is 0 Å². The first kappa shape index (κ1) is 21.0. The van der Waals surface area contributed by atoms with E-state index in [0.717, 1.165) is 11.3 Å². The molecule has 27 heavy (non-hydrogen) atoms. The molecule has 0 aliphatic carbocycles. The van der Waals surface area contributed by atoms with Crippen LogP contribution in [0.4, 0.5) is 5.69 Å². The fraction of sp³-hybridized carbons (Fsp3) is 0.211. The maximum atomic E-state index is 12.4. The van der Waals surface area contributed by atoms with Gasteiger partial charge in [0, 0.05) is 38.4 Å². The van der Waals surface area contributed by atoms with Crippen molar-refractivity contribution in [3.05, 3.63) is 71.3 Å². The van der Waals surface area contributed by atoms with Crippen molar-refractivity contribution < 1.29 is 13.2 Å².